The van der Waals surface area contributed by atoms with Gasteiger partial charge in [0.15, 0.2) is 0 Å². The zero-order chi connectivity index (χ0) is 22.1. The zero-order valence-electron chi connectivity index (χ0n) is 17.5. The maximum atomic E-state index is 12.3. The fourth-order valence-electron chi connectivity index (χ4n) is 2.71. The normalized spacial score (nSPS) is 10.4. The van der Waals surface area contributed by atoms with Crippen LogP contribution in [0.3, 0.4) is 0 Å². The van der Waals surface area contributed by atoms with Crippen molar-refractivity contribution in [1.82, 2.24) is 15.2 Å². The number of amides is 2. The number of hydrogen-bond donors (Lipinski definition) is 1. The molecule has 1 N–H and O–H groups in total. The second-order valence-electron chi connectivity index (χ2n) is 6.80. The molecule has 0 atom stereocenters. The van der Waals surface area contributed by atoms with Crippen molar-refractivity contribution in [2.24, 2.45) is 0 Å². The Labute approximate surface area is 185 Å². The second-order valence-corrected chi connectivity index (χ2v) is 7.75. The van der Waals surface area contributed by atoms with Gasteiger partial charge in [-0.25, -0.2) is 4.98 Å². The van der Waals surface area contributed by atoms with Gasteiger partial charge in [0, 0.05) is 25.4 Å². The van der Waals surface area contributed by atoms with Crippen LogP contribution in [0.5, 0.6) is 17.4 Å². The Hall–Kier alpha value is -3.39. The molecule has 162 valence electrons. The Kier molecular flexibility index (Phi) is 8.00. The molecule has 0 saturated heterocycles. The third-order valence-electron chi connectivity index (χ3n) is 4.30. The molecule has 1 aromatic carbocycles. The summed E-state index contributed by atoms with van der Waals surface area (Å²) in [5.74, 6) is 1.37. The molecule has 0 fully saturated rings. The molecular weight excluding hydrogens is 414 g/mol. The predicted octanol–water partition coefficient (Wildman–Crippen LogP) is 4.11. The summed E-state index contributed by atoms with van der Waals surface area (Å²) in [6, 6.07) is 14.5. The van der Waals surface area contributed by atoms with Crippen molar-refractivity contribution >= 4 is 23.2 Å². The Morgan fingerprint density at radius 2 is 1.87 bits per heavy atom. The summed E-state index contributed by atoms with van der Waals surface area (Å²) in [7, 11) is 1.61. The van der Waals surface area contributed by atoms with Crippen LogP contribution in [0.25, 0.3) is 0 Å². The molecule has 0 spiro atoms. The Morgan fingerprint density at radius 3 is 2.58 bits per heavy atom. The van der Waals surface area contributed by atoms with E-state index in [9.17, 15) is 9.59 Å². The molecule has 3 aromatic rings. The minimum atomic E-state index is -0.264. The van der Waals surface area contributed by atoms with Gasteiger partial charge in [-0.3, -0.25) is 9.59 Å². The van der Waals surface area contributed by atoms with Crippen molar-refractivity contribution < 1.29 is 19.1 Å². The average molecular weight is 440 g/mol. The number of thiophene rings is 1. The molecule has 8 heteroatoms. The summed E-state index contributed by atoms with van der Waals surface area (Å²) >= 11 is 1.35. The number of pyridine rings is 1. The summed E-state index contributed by atoms with van der Waals surface area (Å²) in [5.41, 5.74) is 0.731. The summed E-state index contributed by atoms with van der Waals surface area (Å²) < 4.78 is 11.5. The molecule has 0 saturated carbocycles. The van der Waals surface area contributed by atoms with Gasteiger partial charge < -0.3 is 19.7 Å². The number of benzene rings is 1. The van der Waals surface area contributed by atoms with Crippen LogP contribution in [0.4, 0.5) is 0 Å². The van der Waals surface area contributed by atoms with Gasteiger partial charge in [0.05, 0.1) is 18.0 Å². The van der Waals surface area contributed by atoms with E-state index in [4.69, 9.17) is 9.47 Å². The van der Waals surface area contributed by atoms with Crippen LogP contribution >= 0.6 is 11.3 Å². The molecule has 7 nitrogen and oxygen atoms in total. The van der Waals surface area contributed by atoms with E-state index in [1.165, 1.54) is 16.2 Å². The van der Waals surface area contributed by atoms with Crippen LogP contribution in [0.15, 0.2) is 60.1 Å². The van der Waals surface area contributed by atoms with Gasteiger partial charge in [-0.1, -0.05) is 19.1 Å². The number of nitrogens with one attached hydrogen (secondary N) is 1. The molecule has 0 bridgehead atoms. The molecule has 0 unspecified atom stereocenters. The first-order chi connectivity index (χ1) is 15.1. The lowest BCUT2D eigenvalue weighted by molar-refractivity contribution is -0.121. The van der Waals surface area contributed by atoms with Gasteiger partial charge in [-0.2, -0.15) is 0 Å². The van der Waals surface area contributed by atoms with E-state index in [0.717, 1.165) is 17.7 Å². The molecule has 0 aliphatic rings. The Morgan fingerprint density at radius 1 is 1.10 bits per heavy atom. The number of hydrogen-bond acceptors (Lipinski definition) is 6. The SMILES string of the molecule is CCCOc1ccc(Oc2ncccc2CNC(=O)CN(C)C(=O)c2cccs2)cc1. The van der Waals surface area contributed by atoms with Crippen molar-refractivity contribution in [2.75, 3.05) is 20.2 Å². The predicted molar refractivity (Wildman–Crippen MR) is 120 cm³/mol. The molecular formula is C23H25N3O4S. The largest absolute Gasteiger partial charge is 0.494 e. The number of carbonyl (C=O) groups excluding carboxylic acids is 2. The molecule has 3 rings (SSSR count). The van der Waals surface area contributed by atoms with Crippen LogP contribution in [0.2, 0.25) is 0 Å². The van der Waals surface area contributed by atoms with Gasteiger partial charge in [0.1, 0.15) is 11.5 Å². The highest BCUT2D eigenvalue weighted by molar-refractivity contribution is 7.12. The first-order valence-electron chi connectivity index (χ1n) is 9.97. The molecule has 2 aromatic heterocycles. The fraction of sp³-hybridized carbons (Fsp3) is 0.261. The molecule has 31 heavy (non-hydrogen) atoms. The summed E-state index contributed by atoms with van der Waals surface area (Å²) in [5, 5.41) is 4.65. The van der Waals surface area contributed by atoms with Crippen molar-refractivity contribution in [3.63, 3.8) is 0 Å². The first-order valence-corrected chi connectivity index (χ1v) is 10.8. The van der Waals surface area contributed by atoms with E-state index in [1.807, 2.05) is 41.8 Å². The average Bonchev–Trinajstić information content (AvgIpc) is 3.32. The Bertz CT molecular complexity index is 990. The maximum absolute atomic E-state index is 12.3. The highest BCUT2D eigenvalue weighted by atomic mass is 32.1. The fourth-order valence-corrected chi connectivity index (χ4v) is 3.43. The highest BCUT2D eigenvalue weighted by Crippen LogP contribution is 2.25. The van der Waals surface area contributed by atoms with Crippen LogP contribution in [-0.2, 0) is 11.3 Å². The van der Waals surface area contributed by atoms with Gasteiger partial charge in [0.25, 0.3) is 5.91 Å². The standard InChI is InChI=1S/C23H25N3O4S/c1-3-13-29-18-8-10-19(11-9-18)30-22-17(6-4-12-24-22)15-25-21(27)16-26(2)23(28)20-7-5-14-31-20/h4-12,14H,3,13,15-16H2,1-2H3,(H,25,27). The van der Waals surface area contributed by atoms with Crippen molar-refractivity contribution in [3.05, 3.63) is 70.5 Å². The van der Waals surface area contributed by atoms with Gasteiger partial charge >= 0.3 is 0 Å². The van der Waals surface area contributed by atoms with Crippen molar-refractivity contribution in [2.45, 2.75) is 19.9 Å². The minimum Gasteiger partial charge on any atom is -0.494 e. The number of nitrogens with zero attached hydrogens (tertiary/aromatic N) is 2. The summed E-state index contributed by atoms with van der Waals surface area (Å²) in [4.78, 5) is 30.9. The molecule has 2 heterocycles. The topological polar surface area (TPSA) is 80.8 Å². The van der Waals surface area contributed by atoms with E-state index >= 15 is 0 Å². The number of rotatable bonds is 10. The number of likely N-dealkylation sites (N-methyl/N-ethyl adjacent to an activating group) is 1. The monoisotopic (exact) mass is 439 g/mol. The number of ether oxygens (including phenoxy) is 2. The lowest BCUT2D eigenvalue weighted by Gasteiger charge is -2.16. The summed E-state index contributed by atoms with van der Waals surface area (Å²) in [6.07, 6.45) is 2.58. The highest BCUT2D eigenvalue weighted by Gasteiger charge is 2.16. The lowest BCUT2D eigenvalue weighted by Crippen LogP contribution is -2.37. The van der Waals surface area contributed by atoms with Gasteiger partial charge in [0.2, 0.25) is 11.8 Å². The molecule has 0 radical (unpaired) electrons. The quantitative estimate of drug-likeness (QED) is 0.514. The molecule has 0 aliphatic carbocycles. The van der Waals surface area contributed by atoms with E-state index < -0.39 is 0 Å². The molecule has 0 aliphatic heterocycles. The summed E-state index contributed by atoms with van der Waals surface area (Å²) in [6.45, 7) is 2.92. The van der Waals surface area contributed by atoms with Crippen LogP contribution in [0.1, 0.15) is 28.6 Å². The number of aromatic nitrogens is 1. The van der Waals surface area contributed by atoms with E-state index in [-0.39, 0.29) is 24.9 Å². The van der Waals surface area contributed by atoms with E-state index in [1.54, 1.807) is 25.4 Å². The third kappa shape index (κ3) is 6.55. The van der Waals surface area contributed by atoms with Crippen molar-refractivity contribution in [1.29, 1.82) is 0 Å². The second kappa shape index (κ2) is 11.1. The van der Waals surface area contributed by atoms with Gasteiger partial charge in [-0.05, 0) is 48.2 Å². The van der Waals surface area contributed by atoms with E-state index in [2.05, 4.69) is 17.2 Å². The smallest absolute Gasteiger partial charge is 0.264 e. The maximum Gasteiger partial charge on any atom is 0.264 e. The van der Waals surface area contributed by atoms with Crippen molar-refractivity contribution in [3.8, 4) is 17.4 Å². The van der Waals surface area contributed by atoms with Gasteiger partial charge in [-0.15, -0.1) is 11.3 Å². The third-order valence-corrected chi connectivity index (χ3v) is 5.15. The lowest BCUT2D eigenvalue weighted by atomic mass is 10.2. The minimum absolute atomic E-state index is 0.0353. The van der Waals surface area contributed by atoms with Crippen LogP contribution < -0.4 is 14.8 Å². The van der Waals surface area contributed by atoms with Crippen LogP contribution in [0, 0.1) is 0 Å². The zero-order valence-corrected chi connectivity index (χ0v) is 18.4. The Balaban J connectivity index is 1.55. The van der Waals surface area contributed by atoms with E-state index in [0.29, 0.717) is 23.1 Å². The van der Waals surface area contributed by atoms with Crippen LogP contribution in [-0.4, -0.2) is 41.9 Å². The first kappa shape index (κ1) is 22.3. The number of carbonyl (C=O) groups is 2. The molecule has 2 amide bonds.